The molecule has 2 aromatic carbocycles. The number of hydrogen-bond acceptors (Lipinski definition) is 6. The maximum atomic E-state index is 12.9. The molecule has 0 spiro atoms. The molecule has 1 N–H and O–H groups in total. The first-order valence-electron chi connectivity index (χ1n) is 10.7. The van der Waals surface area contributed by atoms with Crippen LogP contribution in [0.5, 0.6) is 0 Å². The second-order valence-corrected chi connectivity index (χ2v) is 10.5. The highest BCUT2D eigenvalue weighted by molar-refractivity contribution is 7.99. The molecule has 3 rings (SSSR count). The smallest absolute Gasteiger partial charge is 0.243 e. The number of hydrogen-bond donors (Lipinski definition) is 1. The minimum Gasteiger partial charge on any atom is -0.325 e. The summed E-state index contributed by atoms with van der Waals surface area (Å²) < 4.78 is 29.1. The molecule has 1 aromatic heterocycles. The van der Waals surface area contributed by atoms with Gasteiger partial charge in [-0.25, -0.2) is 8.42 Å². The van der Waals surface area contributed by atoms with Crippen molar-refractivity contribution in [1.29, 1.82) is 0 Å². The topological polar surface area (TPSA) is 97.2 Å². The van der Waals surface area contributed by atoms with Crippen LogP contribution in [0.25, 0.3) is 11.4 Å². The molecule has 0 aliphatic heterocycles. The fourth-order valence-corrected chi connectivity index (χ4v) is 5.80. The largest absolute Gasteiger partial charge is 0.325 e. The van der Waals surface area contributed by atoms with Crippen LogP contribution in [0.3, 0.4) is 0 Å². The standard InChI is InChI=1S/C23H29N5O3S2/c1-6-28(7-2)33(30,31)20-14-19(13-10-17(20)4)24-21(29)15-32-23-26-25-22(27(23)5)18-11-8-16(3)9-12-18/h8-14H,6-7,15H2,1-5H3,(H,24,29). The number of nitrogens with zero attached hydrogens (tertiary/aromatic N) is 4. The third-order valence-corrected chi connectivity index (χ3v) is 8.48. The number of amides is 1. The number of carbonyl (C=O) groups is 1. The van der Waals surface area contributed by atoms with E-state index in [1.165, 1.54) is 22.1 Å². The number of benzene rings is 2. The van der Waals surface area contributed by atoms with Gasteiger partial charge in [0.2, 0.25) is 15.9 Å². The summed E-state index contributed by atoms with van der Waals surface area (Å²) in [6.45, 7) is 8.14. The van der Waals surface area contributed by atoms with Crippen molar-refractivity contribution < 1.29 is 13.2 Å². The number of carbonyl (C=O) groups excluding carboxylic acids is 1. The first-order valence-corrected chi connectivity index (χ1v) is 13.1. The van der Waals surface area contributed by atoms with Gasteiger partial charge in [-0.1, -0.05) is 61.5 Å². The van der Waals surface area contributed by atoms with E-state index in [1.807, 2.05) is 42.8 Å². The van der Waals surface area contributed by atoms with Gasteiger partial charge >= 0.3 is 0 Å². The lowest BCUT2D eigenvalue weighted by molar-refractivity contribution is -0.113. The van der Waals surface area contributed by atoms with Gasteiger partial charge < -0.3 is 9.88 Å². The zero-order valence-corrected chi connectivity index (χ0v) is 21.1. The number of nitrogens with one attached hydrogen (secondary N) is 1. The number of thioether (sulfide) groups is 1. The molecule has 10 heteroatoms. The Kier molecular flexibility index (Phi) is 7.93. The van der Waals surface area contributed by atoms with Gasteiger partial charge in [-0.15, -0.1) is 10.2 Å². The molecule has 0 bridgehead atoms. The van der Waals surface area contributed by atoms with Crippen LogP contribution in [0.15, 0.2) is 52.5 Å². The highest BCUT2D eigenvalue weighted by Crippen LogP contribution is 2.25. The number of anilines is 1. The van der Waals surface area contributed by atoms with E-state index in [9.17, 15) is 13.2 Å². The average Bonchev–Trinajstić information content (AvgIpc) is 3.15. The molecule has 0 radical (unpaired) electrons. The average molecular weight is 488 g/mol. The Morgan fingerprint density at radius 2 is 1.73 bits per heavy atom. The lowest BCUT2D eigenvalue weighted by Crippen LogP contribution is -2.31. The van der Waals surface area contributed by atoms with Crippen molar-refractivity contribution in [1.82, 2.24) is 19.1 Å². The molecule has 1 heterocycles. The Morgan fingerprint density at radius 1 is 1.06 bits per heavy atom. The van der Waals surface area contributed by atoms with Crippen LogP contribution in [0, 0.1) is 13.8 Å². The van der Waals surface area contributed by atoms with Crippen molar-refractivity contribution >= 4 is 33.4 Å². The van der Waals surface area contributed by atoms with Gasteiger partial charge in [0.05, 0.1) is 10.6 Å². The Hall–Kier alpha value is -2.69. The molecule has 33 heavy (non-hydrogen) atoms. The Balaban J connectivity index is 1.69. The number of rotatable bonds is 9. The summed E-state index contributed by atoms with van der Waals surface area (Å²) in [5.41, 5.74) is 3.19. The van der Waals surface area contributed by atoms with Crippen molar-refractivity contribution in [3.63, 3.8) is 0 Å². The van der Waals surface area contributed by atoms with Crippen LogP contribution < -0.4 is 5.32 Å². The van der Waals surface area contributed by atoms with E-state index in [0.717, 1.165) is 17.0 Å². The quantitative estimate of drug-likeness (QED) is 0.460. The summed E-state index contributed by atoms with van der Waals surface area (Å²) in [4.78, 5) is 12.8. The molecule has 0 saturated carbocycles. The van der Waals surface area contributed by atoms with Gasteiger partial charge in [0.25, 0.3) is 0 Å². The fraction of sp³-hybridized carbons (Fsp3) is 0.348. The first kappa shape index (κ1) is 24.9. The van der Waals surface area contributed by atoms with Crippen LogP contribution in [-0.2, 0) is 21.9 Å². The van der Waals surface area contributed by atoms with Crippen molar-refractivity contribution in [3.8, 4) is 11.4 Å². The van der Waals surface area contributed by atoms with Gasteiger partial charge in [0, 0.05) is 31.4 Å². The lowest BCUT2D eigenvalue weighted by Gasteiger charge is -2.20. The van der Waals surface area contributed by atoms with Crippen LogP contribution in [0.4, 0.5) is 5.69 Å². The van der Waals surface area contributed by atoms with Crippen LogP contribution >= 0.6 is 11.8 Å². The van der Waals surface area contributed by atoms with E-state index >= 15 is 0 Å². The summed E-state index contributed by atoms with van der Waals surface area (Å²) in [7, 11) is -1.76. The van der Waals surface area contributed by atoms with Gasteiger partial charge in [-0.05, 0) is 31.5 Å². The van der Waals surface area contributed by atoms with Gasteiger partial charge in [0.15, 0.2) is 11.0 Å². The summed E-state index contributed by atoms with van der Waals surface area (Å²) in [6.07, 6.45) is 0. The number of aryl methyl sites for hydroxylation is 2. The molecule has 176 valence electrons. The van der Waals surface area contributed by atoms with E-state index in [1.54, 1.807) is 32.9 Å². The molecule has 1 amide bonds. The normalized spacial score (nSPS) is 11.7. The number of aromatic nitrogens is 3. The van der Waals surface area contributed by atoms with Crippen molar-refractivity contribution in [2.75, 3.05) is 24.2 Å². The number of sulfonamides is 1. The predicted octanol–water partition coefficient (Wildman–Crippen LogP) is 3.86. The summed E-state index contributed by atoms with van der Waals surface area (Å²) in [5, 5.41) is 11.9. The van der Waals surface area contributed by atoms with Crippen LogP contribution in [0.1, 0.15) is 25.0 Å². The summed E-state index contributed by atoms with van der Waals surface area (Å²) in [6, 6.07) is 12.9. The van der Waals surface area contributed by atoms with Crippen molar-refractivity contribution in [2.45, 2.75) is 37.7 Å². The van der Waals surface area contributed by atoms with E-state index in [2.05, 4.69) is 15.5 Å². The van der Waals surface area contributed by atoms with E-state index in [0.29, 0.717) is 29.5 Å². The maximum absolute atomic E-state index is 12.9. The molecule has 0 aliphatic carbocycles. The molecule has 8 nitrogen and oxygen atoms in total. The SMILES string of the molecule is CCN(CC)S(=O)(=O)c1cc(NC(=O)CSc2nnc(-c3ccc(C)cc3)n2C)ccc1C. The van der Waals surface area contributed by atoms with Gasteiger partial charge in [-0.2, -0.15) is 4.31 Å². The summed E-state index contributed by atoms with van der Waals surface area (Å²) >= 11 is 1.27. The highest BCUT2D eigenvalue weighted by atomic mass is 32.2. The Bertz CT molecular complexity index is 1230. The highest BCUT2D eigenvalue weighted by Gasteiger charge is 2.24. The Labute approximate surface area is 199 Å². The van der Waals surface area contributed by atoms with Crippen molar-refractivity contribution in [2.24, 2.45) is 7.05 Å². The molecular formula is C23H29N5O3S2. The molecule has 3 aromatic rings. The molecular weight excluding hydrogens is 458 g/mol. The third kappa shape index (κ3) is 5.63. The minimum atomic E-state index is -3.62. The van der Waals surface area contributed by atoms with E-state index in [-0.39, 0.29) is 16.6 Å². The zero-order chi connectivity index (χ0) is 24.2. The molecule has 0 aliphatic rings. The first-order chi connectivity index (χ1) is 15.7. The van der Waals surface area contributed by atoms with E-state index in [4.69, 9.17) is 0 Å². The zero-order valence-electron chi connectivity index (χ0n) is 19.5. The maximum Gasteiger partial charge on any atom is 0.243 e. The van der Waals surface area contributed by atoms with Gasteiger partial charge in [0.1, 0.15) is 0 Å². The van der Waals surface area contributed by atoms with Crippen molar-refractivity contribution in [3.05, 3.63) is 53.6 Å². The third-order valence-electron chi connectivity index (χ3n) is 5.27. The second-order valence-electron chi connectivity index (χ2n) is 7.64. The van der Waals surface area contributed by atoms with E-state index < -0.39 is 10.0 Å². The molecule has 0 fully saturated rings. The predicted molar refractivity (Wildman–Crippen MR) is 132 cm³/mol. The van der Waals surface area contributed by atoms with Crippen LogP contribution in [0.2, 0.25) is 0 Å². The molecule has 0 atom stereocenters. The van der Waals surface area contributed by atoms with Crippen LogP contribution in [-0.4, -0.2) is 52.2 Å². The summed E-state index contributed by atoms with van der Waals surface area (Å²) in [5.74, 6) is 0.587. The minimum absolute atomic E-state index is 0.117. The fourth-order valence-electron chi connectivity index (χ4n) is 3.38. The molecule has 0 unspecified atom stereocenters. The Morgan fingerprint density at radius 3 is 2.36 bits per heavy atom. The second kappa shape index (κ2) is 10.5. The molecule has 0 saturated heterocycles. The monoisotopic (exact) mass is 487 g/mol. The van der Waals surface area contributed by atoms with Gasteiger partial charge in [-0.3, -0.25) is 4.79 Å². The lowest BCUT2D eigenvalue weighted by atomic mass is 10.1.